The van der Waals surface area contributed by atoms with E-state index < -0.39 is 16.1 Å². The standard InChI is InChI=1S/C11H25N3O3S/c1-4-7-10(12)11(15)13-8-6-9-14(5-2)18(3,16)17/h10H,4-9,12H2,1-3H3,(H,13,15)/t10-/m0/s1. The van der Waals surface area contributed by atoms with Crippen LogP contribution in [-0.4, -0.2) is 50.6 Å². The summed E-state index contributed by atoms with van der Waals surface area (Å²) in [5.74, 6) is -0.167. The first-order valence-electron chi connectivity index (χ1n) is 6.31. The molecule has 0 heterocycles. The van der Waals surface area contributed by atoms with Gasteiger partial charge in [-0.2, -0.15) is 0 Å². The monoisotopic (exact) mass is 279 g/mol. The van der Waals surface area contributed by atoms with Gasteiger partial charge in [-0.1, -0.05) is 20.3 Å². The van der Waals surface area contributed by atoms with Crippen LogP contribution in [0.15, 0.2) is 0 Å². The van der Waals surface area contributed by atoms with Gasteiger partial charge >= 0.3 is 0 Å². The first-order chi connectivity index (χ1) is 8.32. The highest BCUT2D eigenvalue weighted by molar-refractivity contribution is 7.88. The van der Waals surface area contributed by atoms with Crippen molar-refractivity contribution in [3.05, 3.63) is 0 Å². The third-order valence-corrected chi connectivity index (χ3v) is 4.02. The second-order valence-corrected chi connectivity index (χ2v) is 6.28. The number of nitrogens with one attached hydrogen (secondary N) is 1. The molecule has 0 aromatic heterocycles. The quantitative estimate of drug-likeness (QED) is 0.577. The highest BCUT2D eigenvalue weighted by Gasteiger charge is 2.14. The lowest BCUT2D eigenvalue weighted by molar-refractivity contribution is -0.122. The zero-order valence-corrected chi connectivity index (χ0v) is 12.3. The van der Waals surface area contributed by atoms with E-state index >= 15 is 0 Å². The summed E-state index contributed by atoms with van der Waals surface area (Å²) in [5.41, 5.74) is 5.65. The van der Waals surface area contributed by atoms with Crippen LogP contribution in [0.5, 0.6) is 0 Å². The van der Waals surface area contributed by atoms with Gasteiger partial charge in [-0.3, -0.25) is 4.79 Å². The van der Waals surface area contributed by atoms with Crippen LogP contribution in [0.2, 0.25) is 0 Å². The summed E-state index contributed by atoms with van der Waals surface area (Å²) in [6.45, 7) is 5.07. The molecule has 0 aliphatic rings. The van der Waals surface area contributed by atoms with Crippen molar-refractivity contribution in [1.29, 1.82) is 0 Å². The van der Waals surface area contributed by atoms with Crippen LogP contribution in [0.4, 0.5) is 0 Å². The summed E-state index contributed by atoms with van der Waals surface area (Å²) < 4.78 is 24.0. The average molecular weight is 279 g/mol. The molecule has 0 radical (unpaired) electrons. The highest BCUT2D eigenvalue weighted by atomic mass is 32.2. The van der Waals surface area contributed by atoms with Crippen molar-refractivity contribution in [3.8, 4) is 0 Å². The van der Waals surface area contributed by atoms with Gasteiger partial charge in [0.2, 0.25) is 15.9 Å². The minimum atomic E-state index is -3.14. The Morgan fingerprint density at radius 2 is 2.00 bits per heavy atom. The third-order valence-electron chi connectivity index (χ3n) is 2.64. The molecule has 0 saturated heterocycles. The number of nitrogens with two attached hydrogens (primary N) is 1. The van der Waals surface area contributed by atoms with Gasteiger partial charge in [0.05, 0.1) is 12.3 Å². The number of nitrogens with zero attached hydrogens (tertiary/aromatic N) is 1. The molecule has 0 aromatic carbocycles. The van der Waals surface area contributed by atoms with Crippen LogP contribution in [0.1, 0.15) is 33.1 Å². The van der Waals surface area contributed by atoms with Gasteiger partial charge in [-0.25, -0.2) is 12.7 Å². The molecule has 0 aliphatic heterocycles. The predicted molar refractivity (Wildman–Crippen MR) is 72.6 cm³/mol. The summed E-state index contributed by atoms with van der Waals surface area (Å²) in [4.78, 5) is 11.5. The third kappa shape index (κ3) is 6.93. The fraction of sp³-hybridized carbons (Fsp3) is 0.909. The molecule has 3 N–H and O–H groups in total. The van der Waals surface area contributed by atoms with E-state index in [1.807, 2.05) is 6.92 Å². The molecule has 1 amide bonds. The predicted octanol–water partition coefficient (Wildman–Crippen LogP) is -0.0984. The molecule has 0 fully saturated rings. The molecule has 7 heteroatoms. The van der Waals surface area contributed by atoms with Crippen molar-refractivity contribution in [3.63, 3.8) is 0 Å². The Kier molecular flexibility index (Phi) is 8.13. The van der Waals surface area contributed by atoms with Crippen molar-refractivity contribution >= 4 is 15.9 Å². The van der Waals surface area contributed by atoms with Crippen LogP contribution in [0.3, 0.4) is 0 Å². The zero-order valence-electron chi connectivity index (χ0n) is 11.5. The van der Waals surface area contributed by atoms with Gasteiger partial charge in [-0.15, -0.1) is 0 Å². The molecule has 0 unspecified atom stereocenters. The molecule has 0 bridgehead atoms. The largest absolute Gasteiger partial charge is 0.355 e. The minimum absolute atomic E-state index is 0.167. The molecule has 0 rings (SSSR count). The molecule has 0 aliphatic carbocycles. The average Bonchev–Trinajstić information content (AvgIpc) is 2.27. The van der Waals surface area contributed by atoms with Crippen LogP contribution in [0, 0.1) is 0 Å². The number of carbonyl (C=O) groups is 1. The summed E-state index contributed by atoms with van der Waals surface area (Å²) >= 11 is 0. The van der Waals surface area contributed by atoms with Crippen LogP contribution in [-0.2, 0) is 14.8 Å². The Labute approximate surface area is 110 Å². The lowest BCUT2D eigenvalue weighted by Crippen LogP contribution is -2.41. The molecule has 1 atom stereocenters. The van der Waals surface area contributed by atoms with Crippen molar-refractivity contribution in [2.24, 2.45) is 5.73 Å². The van der Waals surface area contributed by atoms with Crippen molar-refractivity contribution in [1.82, 2.24) is 9.62 Å². The maximum atomic E-state index is 11.5. The van der Waals surface area contributed by atoms with Gasteiger partial charge in [0, 0.05) is 19.6 Å². The molecule has 18 heavy (non-hydrogen) atoms. The highest BCUT2D eigenvalue weighted by Crippen LogP contribution is 1.98. The van der Waals surface area contributed by atoms with E-state index in [0.29, 0.717) is 32.5 Å². The summed E-state index contributed by atoms with van der Waals surface area (Å²) in [7, 11) is -3.14. The Bertz CT molecular complexity index is 343. The number of sulfonamides is 1. The maximum Gasteiger partial charge on any atom is 0.236 e. The van der Waals surface area contributed by atoms with Crippen LogP contribution < -0.4 is 11.1 Å². The van der Waals surface area contributed by atoms with E-state index in [0.717, 1.165) is 6.42 Å². The van der Waals surface area contributed by atoms with Gasteiger partial charge in [0.15, 0.2) is 0 Å². The van der Waals surface area contributed by atoms with Gasteiger partial charge in [0.25, 0.3) is 0 Å². The summed E-state index contributed by atoms with van der Waals surface area (Å²) in [6.07, 6.45) is 3.31. The van der Waals surface area contributed by atoms with Gasteiger partial charge in [0.1, 0.15) is 0 Å². The molecule has 0 spiro atoms. The lowest BCUT2D eigenvalue weighted by atomic mass is 10.2. The SMILES string of the molecule is CCC[C@H](N)C(=O)NCCCN(CC)S(C)(=O)=O. The molecular formula is C11H25N3O3S. The number of rotatable bonds is 9. The van der Waals surface area contributed by atoms with Gasteiger partial charge < -0.3 is 11.1 Å². The van der Waals surface area contributed by atoms with E-state index in [-0.39, 0.29) is 5.91 Å². The van der Waals surface area contributed by atoms with E-state index in [9.17, 15) is 13.2 Å². The van der Waals surface area contributed by atoms with Crippen LogP contribution >= 0.6 is 0 Å². The fourth-order valence-electron chi connectivity index (χ4n) is 1.60. The van der Waals surface area contributed by atoms with Crippen LogP contribution in [0.25, 0.3) is 0 Å². The smallest absolute Gasteiger partial charge is 0.236 e. The number of carbonyl (C=O) groups excluding carboxylic acids is 1. The summed E-state index contributed by atoms with van der Waals surface area (Å²) in [6, 6.07) is -0.466. The molecule has 6 nitrogen and oxygen atoms in total. The minimum Gasteiger partial charge on any atom is -0.355 e. The topological polar surface area (TPSA) is 92.5 Å². The van der Waals surface area contributed by atoms with Crippen molar-refractivity contribution in [2.75, 3.05) is 25.9 Å². The zero-order chi connectivity index (χ0) is 14.2. The first kappa shape index (κ1) is 17.3. The normalized spacial score (nSPS) is 13.6. The molecular weight excluding hydrogens is 254 g/mol. The van der Waals surface area contributed by atoms with Crippen molar-refractivity contribution < 1.29 is 13.2 Å². The first-order valence-corrected chi connectivity index (χ1v) is 8.16. The molecule has 0 aromatic rings. The second kappa shape index (κ2) is 8.44. The summed E-state index contributed by atoms with van der Waals surface area (Å²) in [5, 5.41) is 2.71. The van der Waals surface area contributed by atoms with Gasteiger partial charge in [-0.05, 0) is 12.8 Å². The Morgan fingerprint density at radius 3 is 2.44 bits per heavy atom. The molecule has 108 valence electrons. The lowest BCUT2D eigenvalue weighted by Gasteiger charge is -2.18. The number of amides is 1. The Hall–Kier alpha value is -0.660. The Balaban J connectivity index is 3.89. The van der Waals surface area contributed by atoms with E-state index in [1.54, 1.807) is 6.92 Å². The van der Waals surface area contributed by atoms with E-state index in [2.05, 4.69) is 5.32 Å². The number of hydrogen-bond acceptors (Lipinski definition) is 4. The van der Waals surface area contributed by atoms with Crippen molar-refractivity contribution in [2.45, 2.75) is 39.2 Å². The fourth-order valence-corrected chi connectivity index (χ4v) is 2.53. The molecule has 0 saturated carbocycles. The second-order valence-electron chi connectivity index (χ2n) is 4.29. The number of hydrogen-bond donors (Lipinski definition) is 2. The van der Waals surface area contributed by atoms with E-state index in [4.69, 9.17) is 5.73 Å². The Morgan fingerprint density at radius 1 is 1.39 bits per heavy atom. The maximum absolute atomic E-state index is 11.5. The van der Waals surface area contributed by atoms with E-state index in [1.165, 1.54) is 10.6 Å².